The molecule has 1 aliphatic rings. The van der Waals surface area contributed by atoms with Gasteiger partial charge in [0.05, 0.1) is 36.2 Å². The number of carbonyl (C=O) groups is 2. The molecule has 0 atom stereocenters. The second-order valence-corrected chi connectivity index (χ2v) is 8.99. The summed E-state index contributed by atoms with van der Waals surface area (Å²) < 4.78 is 50.4. The molecule has 0 aliphatic carbocycles. The van der Waals surface area contributed by atoms with Crippen LogP contribution in [0.3, 0.4) is 0 Å². The Morgan fingerprint density at radius 2 is 1.85 bits per heavy atom. The fourth-order valence-corrected chi connectivity index (χ4v) is 4.64. The van der Waals surface area contributed by atoms with E-state index in [9.17, 15) is 22.4 Å². The molecule has 0 saturated carbocycles. The lowest BCUT2D eigenvalue weighted by Gasteiger charge is -2.26. The van der Waals surface area contributed by atoms with Crippen molar-refractivity contribution in [2.45, 2.75) is 11.3 Å². The molecule has 0 unspecified atom stereocenters. The van der Waals surface area contributed by atoms with E-state index < -0.39 is 34.3 Å². The molecule has 33 heavy (non-hydrogen) atoms. The maximum Gasteiger partial charge on any atom is 0.338 e. The number of halogens is 1. The van der Waals surface area contributed by atoms with Crippen molar-refractivity contribution < 1.29 is 31.9 Å². The molecule has 0 aromatic heterocycles. The zero-order valence-corrected chi connectivity index (χ0v) is 18.5. The largest absolute Gasteiger partial charge is 0.452 e. The van der Waals surface area contributed by atoms with E-state index in [-0.39, 0.29) is 36.5 Å². The fraction of sp³-hybridized carbons (Fsp3) is 0.318. The summed E-state index contributed by atoms with van der Waals surface area (Å²) >= 11 is 0. The molecule has 2 aromatic rings. The van der Waals surface area contributed by atoms with Crippen LogP contribution >= 0.6 is 0 Å². The molecule has 1 saturated heterocycles. The van der Waals surface area contributed by atoms with E-state index in [1.807, 2.05) is 6.07 Å². The van der Waals surface area contributed by atoms with Crippen LogP contribution in [0, 0.1) is 17.1 Å². The molecule has 9 nitrogen and oxygen atoms in total. The van der Waals surface area contributed by atoms with Gasteiger partial charge in [0.25, 0.3) is 5.91 Å². The van der Waals surface area contributed by atoms with Gasteiger partial charge in [-0.2, -0.15) is 9.57 Å². The lowest BCUT2D eigenvalue weighted by molar-refractivity contribution is -0.121. The van der Waals surface area contributed by atoms with Crippen molar-refractivity contribution in [3.8, 4) is 6.07 Å². The molecule has 0 bridgehead atoms. The molecule has 2 aromatic carbocycles. The number of hydrogen-bond acceptors (Lipinski definition) is 7. The Kier molecular flexibility index (Phi) is 8.11. The van der Waals surface area contributed by atoms with Gasteiger partial charge >= 0.3 is 5.97 Å². The first-order chi connectivity index (χ1) is 15.8. The van der Waals surface area contributed by atoms with E-state index in [1.54, 1.807) is 0 Å². The van der Waals surface area contributed by atoms with Crippen LogP contribution in [0.1, 0.15) is 16.8 Å². The number of ether oxygens (including phenoxy) is 2. The highest BCUT2D eigenvalue weighted by Gasteiger charge is 2.27. The van der Waals surface area contributed by atoms with Gasteiger partial charge in [-0.05, 0) is 42.5 Å². The smallest absolute Gasteiger partial charge is 0.338 e. The summed E-state index contributed by atoms with van der Waals surface area (Å²) in [5.74, 6) is -1.96. The fourth-order valence-electron chi connectivity index (χ4n) is 3.19. The van der Waals surface area contributed by atoms with Crippen LogP contribution in [0.15, 0.2) is 53.4 Å². The minimum Gasteiger partial charge on any atom is -0.452 e. The van der Waals surface area contributed by atoms with Crippen LogP contribution in [0.4, 0.5) is 10.1 Å². The van der Waals surface area contributed by atoms with Crippen LogP contribution < -0.4 is 4.90 Å². The molecule has 1 heterocycles. The van der Waals surface area contributed by atoms with Crippen molar-refractivity contribution in [1.82, 2.24) is 4.31 Å². The molecule has 3 rings (SSSR count). The van der Waals surface area contributed by atoms with Crippen molar-refractivity contribution in [3.05, 3.63) is 59.9 Å². The van der Waals surface area contributed by atoms with Gasteiger partial charge in [-0.15, -0.1) is 0 Å². The number of nitriles is 1. The van der Waals surface area contributed by atoms with Crippen molar-refractivity contribution in [2.24, 2.45) is 0 Å². The zero-order valence-electron chi connectivity index (χ0n) is 17.6. The van der Waals surface area contributed by atoms with Gasteiger partial charge in [-0.25, -0.2) is 17.6 Å². The van der Waals surface area contributed by atoms with Crippen molar-refractivity contribution in [3.63, 3.8) is 0 Å². The van der Waals surface area contributed by atoms with Gasteiger partial charge in [0.2, 0.25) is 10.0 Å². The van der Waals surface area contributed by atoms with Crippen molar-refractivity contribution in [1.29, 1.82) is 5.26 Å². The maximum atomic E-state index is 13.2. The summed E-state index contributed by atoms with van der Waals surface area (Å²) in [6.45, 7) is 0.410. The highest BCUT2D eigenvalue weighted by atomic mass is 32.2. The van der Waals surface area contributed by atoms with Crippen LogP contribution in [-0.2, 0) is 24.3 Å². The number of benzene rings is 2. The molecule has 0 N–H and O–H groups in total. The second-order valence-electron chi connectivity index (χ2n) is 7.05. The third-order valence-electron chi connectivity index (χ3n) is 4.89. The topological polar surface area (TPSA) is 117 Å². The van der Waals surface area contributed by atoms with E-state index in [1.165, 1.54) is 57.7 Å². The molecule has 1 amide bonds. The van der Waals surface area contributed by atoms with E-state index in [0.717, 1.165) is 0 Å². The number of amides is 1. The predicted molar refractivity (Wildman–Crippen MR) is 115 cm³/mol. The molecule has 0 spiro atoms. The Hall–Kier alpha value is -3.33. The van der Waals surface area contributed by atoms with Gasteiger partial charge in [-0.3, -0.25) is 4.79 Å². The Morgan fingerprint density at radius 3 is 2.52 bits per heavy atom. The first kappa shape index (κ1) is 24.3. The molecular formula is C22H22FN3O6S. The summed E-state index contributed by atoms with van der Waals surface area (Å²) in [5.41, 5.74) is 0.328. The van der Waals surface area contributed by atoms with Crippen LogP contribution in [0.5, 0.6) is 0 Å². The number of morpholine rings is 1. The van der Waals surface area contributed by atoms with Crippen LogP contribution in [0.2, 0.25) is 0 Å². The average molecular weight is 475 g/mol. The van der Waals surface area contributed by atoms with E-state index >= 15 is 0 Å². The lowest BCUT2D eigenvalue weighted by Crippen LogP contribution is -2.40. The molecule has 1 aliphatic heterocycles. The summed E-state index contributed by atoms with van der Waals surface area (Å²) in [4.78, 5) is 26.3. The Labute approximate surface area is 191 Å². The van der Waals surface area contributed by atoms with Crippen molar-refractivity contribution >= 4 is 27.6 Å². The first-order valence-electron chi connectivity index (χ1n) is 10.1. The Bertz CT molecular complexity index is 1140. The maximum absolute atomic E-state index is 13.2. The second kappa shape index (κ2) is 11.0. The highest BCUT2D eigenvalue weighted by molar-refractivity contribution is 7.89. The number of nitrogens with zero attached hydrogens (tertiary/aromatic N) is 3. The average Bonchev–Trinajstić information content (AvgIpc) is 2.84. The van der Waals surface area contributed by atoms with Gasteiger partial charge in [0.15, 0.2) is 6.61 Å². The van der Waals surface area contributed by atoms with Gasteiger partial charge in [0.1, 0.15) is 5.82 Å². The molecular weight excluding hydrogens is 453 g/mol. The molecule has 1 fully saturated rings. The number of sulfonamides is 1. The molecule has 174 valence electrons. The minimum absolute atomic E-state index is 0.0255. The Morgan fingerprint density at radius 1 is 1.15 bits per heavy atom. The summed E-state index contributed by atoms with van der Waals surface area (Å²) in [7, 11) is -3.80. The van der Waals surface area contributed by atoms with Gasteiger partial charge < -0.3 is 14.4 Å². The zero-order chi connectivity index (χ0) is 23.8. The quantitative estimate of drug-likeness (QED) is 0.536. The molecule has 0 radical (unpaired) electrons. The van der Waals surface area contributed by atoms with Gasteiger partial charge in [-0.1, -0.05) is 6.07 Å². The SMILES string of the molecule is N#CCCN(C(=O)COC(=O)c1cccc(S(=O)(=O)N2CCOCC2)c1)c1ccc(F)cc1. The lowest BCUT2D eigenvalue weighted by atomic mass is 10.2. The number of anilines is 1. The molecule has 11 heteroatoms. The third kappa shape index (κ3) is 6.13. The van der Waals surface area contributed by atoms with E-state index in [2.05, 4.69) is 0 Å². The number of hydrogen-bond donors (Lipinski definition) is 0. The van der Waals surface area contributed by atoms with Gasteiger partial charge in [0, 0.05) is 25.3 Å². The number of esters is 1. The third-order valence-corrected chi connectivity index (χ3v) is 6.79. The summed E-state index contributed by atoms with van der Waals surface area (Å²) in [5, 5.41) is 8.85. The van der Waals surface area contributed by atoms with Crippen molar-refractivity contribution in [2.75, 3.05) is 44.4 Å². The van der Waals surface area contributed by atoms with E-state index in [0.29, 0.717) is 18.9 Å². The minimum atomic E-state index is -3.80. The first-order valence-corrected chi connectivity index (χ1v) is 11.5. The summed E-state index contributed by atoms with van der Waals surface area (Å²) in [6, 6.07) is 12.4. The van der Waals surface area contributed by atoms with E-state index in [4.69, 9.17) is 14.7 Å². The normalized spacial score (nSPS) is 14.3. The number of carbonyl (C=O) groups excluding carboxylic acids is 2. The van der Waals surface area contributed by atoms with Crippen LogP contribution in [0.25, 0.3) is 0 Å². The standard InChI is InChI=1S/C22H22FN3O6S/c23-18-5-7-19(8-6-18)26(10-2-9-24)21(27)16-32-22(28)17-3-1-4-20(15-17)33(29,30)25-11-13-31-14-12-25/h1,3-8,15H,2,10-14,16H2. The monoisotopic (exact) mass is 475 g/mol. The number of rotatable bonds is 8. The Balaban J connectivity index is 1.69. The predicted octanol–water partition coefficient (Wildman–Crippen LogP) is 1.95. The highest BCUT2D eigenvalue weighted by Crippen LogP contribution is 2.19. The summed E-state index contributed by atoms with van der Waals surface area (Å²) in [6.07, 6.45) is 0.0263. The van der Waals surface area contributed by atoms with Crippen LogP contribution in [-0.4, -0.2) is 64.1 Å².